The molecule has 4 nitrogen and oxygen atoms in total. The van der Waals surface area contributed by atoms with E-state index in [4.69, 9.17) is 10.5 Å². The monoisotopic (exact) mass is 262 g/mol. The van der Waals surface area contributed by atoms with Gasteiger partial charge in [0, 0.05) is 13.1 Å². The van der Waals surface area contributed by atoms with E-state index in [0.717, 1.165) is 5.69 Å². The highest BCUT2D eigenvalue weighted by atomic mass is 16.5. The highest BCUT2D eigenvalue weighted by molar-refractivity contribution is 5.99. The standard InChI is InChI=1S/C15H22N2O2/c1-4-19-15(18)12-6-5-7-13(16)14(12)17(3)10(2)11-8-9-11/h5-7,10-11H,4,8-9,16H2,1-3H3. The predicted octanol–water partition coefficient (Wildman–Crippen LogP) is 2.68. The molecule has 1 saturated carbocycles. The van der Waals surface area contributed by atoms with Gasteiger partial charge in [-0.1, -0.05) is 6.07 Å². The van der Waals surface area contributed by atoms with Crippen LogP contribution in [0.25, 0.3) is 0 Å². The number of carbonyl (C=O) groups excluding carboxylic acids is 1. The average Bonchev–Trinajstić information content (AvgIpc) is 3.21. The summed E-state index contributed by atoms with van der Waals surface area (Å²) >= 11 is 0. The molecule has 1 unspecified atom stereocenters. The minimum atomic E-state index is -0.306. The Kier molecular flexibility index (Phi) is 3.98. The van der Waals surface area contributed by atoms with Gasteiger partial charge in [-0.05, 0) is 44.7 Å². The van der Waals surface area contributed by atoms with Crippen molar-refractivity contribution in [3.63, 3.8) is 0 Å². The second-order valence-electron chi connectivity index (χ2n) is 5.15. The van der Waals surface area contributed by atoms with Crippen molar-refractivity contribution in [2.45, 2.75) is 32.7 Å². The Morgan fingerprint density at radius 3 is 2.79 bits per heavy atom. The van der Waals surface area contributed by atoms with Crippen molar-refractivity contribution in [2.24, 2.45) is 5.92 Å². The average molecular weight is 262 g/mol. The molecule has 1 aromatic carbocycles. The number of rotatable bonds is 5. The molecule has 1 aliphatic carbocycles. The summed E-state index contributed by atoms with van der Waals surface area (Å²) in [4.78, 5) is 14.1. The number of benzene rings is 1. The summed E-state index contributed by atoms with van der Waals surface area (Å²) in [6.45, 7) is 4.36. The summed E-state index contributed by atoms with van der Waals surface area (Å²) in [5.41, 5.74) is 8.04. The summed E-state index contributed by atoms with van der Waals surface area (Å²) in [7, 11) is 2.00. The van der Waals surface area contributed by atoms with Crippen LogP contribution in [-0.4, -0.2) is 25.7 Å². The quantitative estimate of drug-likeness (QED) is 0.654. The maximum Gasteiger partial charge on any atom is 0.340 e. The van der Waals surface area contributed by atoms with Gasteiger partial charge in [0.2, 0.25) is 0 Å². The molecular weight excluding hydrogens is 240 g/mol. The second-order valence-corrected chi connectivity index (χ2v) is 5.15. The first-order valence-electron chi connectivity index (χ1n) is 6.84. The van der Waals surface area contributed by atoms with E-state index < -0.39 is 0 Å². The van der Waals surface area contributed by atoms with Crippen LogP contribution in [0.3, 0.4) is 0 Å². The van der Waals surface area contributed by atoms with Crippen LogP contribution in [0.5, 0.6) is 0 Å². The highest BCUT2D eigenvalue weighted by Gasteiger charge is 2.32. The van der Waals surface area contributed by atoms with Gasteiger partial charge in [-0.15, -0.1) is 0 Å². The molecule has 0 heterocycles. The third-order valence-corrected chi connectivity index (χ3v) is 3.83. The normalized spacial score (nSPS) is 15.9. The van der Waals surface area contributed by atoms with Crippen LogP contribution in [0.4, 0.5) is 11.4 Å². The number of carbonyl (C=O) groups is 1. The lowest BCUT2D eigenvalue weighted by Gasteiger charge is -2.29. The molecular formula is C15H22N2O2. The number of nitrogen functional groups attached to an aromatic ring is 1. The lowest BCUT2D eigenvalue weighted by atomic mass is 10.1. The Bertz CT molecular complexity index is 469. The Hall–Kier alpha value is -1.71. The van der Waals surface area contributed by atoms with Crippen molar-refractivity contribution in [3.8, 4) is 0 Å². The molecule has 1 aromatic rings. The van der Waals surface area contributed by atoms with Crippen molar-refractivity contribution >= 4 is 17.3 Å². The van der Waals surface area contributed by atoms with Crippen molar-refractivity contribution in [1.29, 1.82) is 0 Å². The molecule has 2 rings (SSSR count). The van der Waals surface area contributed by atoms with Crippen LogP contribution in [0.1, 0.15) is 37.0 Å². The van der Waals surface area contributed by atoms with E-state index in [9.17, 15) is 4.79 Å². The molecule has 0 spiro atoms. The fourth-order valence-electron chi connectivity index (χ4n) is 2.43. The molecule has 104 valence electrons. The Morgan fingerprint density at radius 1 is 1.53 bits per heavy atom. The van der Waals surface area contributed by atoms with Gasteiger partial charge in [0.1, 0.15) is 0 Å². The number of esters is 1. The predicted molar refractivity (Wildman–Crippen MR) is 77.4 cm³/mol. The van der Waals surface area contributed by atoms with Crippen molar-refractivity contribution in [3.05, 3.63) is 23.8 Å². The Balaban J connectivity index is 2.33. The number of anilines is 2. The largest absolute Gasteiger partial charge is 0.462 e. The molecule has 0 amide bonds. The van der Waals surface area contributed by atoms with Crippen LogP contribution in [-0.2, 0) is 4.74 Å². The van der Waals surface area contributed by atoms with Crippen LogP contribution >= 0.6 is 0 Å². The third kappa shape index (κ3) is 2.83. The lowest BCUT2D eigenvalue weighted by molar-refractivity contribution is 0.0527. The first-order valence-corrected chi connectivity index (χ1v) is 6.84. The van der Waals surface area contributed by atoms with E-state index in [1.54, 1.807) is 19.1 Å². The number of nitrogens with zero attached hydrogens (tertiary/aromatic N) is 1. The minimum absolute atomic E-state index is 0.306. The SMILES string of the molecule is CCOC(=O)c1cccc(N)c1N(C)C(C)C1CC1. The number of nitrogens with two attached hydrogens (primary N) is 1. The fourth-order valence-corrected chi connectivity index (χ4v) is 2.43. The van der Waals surface area contributed by atoms with Crippen molar-refractivity contribution < 1.29 is 9.53 Å². The lowest BCUT2D eigenvalue weighted by Crippen LogP contribution is -2.32. The van der Waals surface area contributed by atoms with Gasteiger partial charge < -0.3 is 15.4 Å². The number of ether oxygens (including phenoxy) is 1. The smallest absolute Gasteiger partial charge is 0.340 e. The molecule has 2 N–H and O–H groups in total. The number of para-hydroxylation sites is 1. The van der Waals surface area contributed by atoms with Gasteiger partial charge in [0.25, 0.3) is 0 Å². The summed E-state index contributed by atoms with van der Waals surface area (Å²) in [5.74, 6) is 0.402. The van der Waals surface area contributed by atoms with Crippen LogP contribution in [0.2, 0.25) is 0 Å². The van der Waals surface area contributed by atoms with Gasteiger partial charge in [-0.3, -0.25) is 0 Å². The molecule has 0 radical (unpaired) electrons. The Morgan fingerprint density at radius 2 is 2.21 bits per heavy atom. The van der Waals surface area contributed by atoms with E-state index >= 15 is 0 Å². The first-order chi connectivity index (χ1) is 9.06. The fraction of sp³-hybridized carbons (Fsp3) is 0.533. The summed E-state index contributed by atoms with van der Waals surface area (Å²) in [6.07, 6.45) is 2.51. The van der Waals surface area contributed by atoms with E-state index in [-0.39, 0.29) is 5.97 Å². The van der Waals surface area contributed by atoms with Gasteiger partial charge in [-0.25, -0.2) is 4.79 Å². The van der Waals surface area contributed by atoms with Crippen LogP contribution < -0.4 is 10.6 Å². The van der Waals surface area contributed by atoms with Gasteiger partial charge in [0.15, 0.2) is 0 Å². The Labute approximate surface area is 114 Å². The van der Waals surface area contributed by atoms with Crippen LogP contribution in [0, 0.1) is 5.92 Å². The van der Waals surface area contributed by atoms with E-state index in [2.05, 4.69) is 11.8 Å². The summed E-state index contributed by atoms with van der Waals surface area (Å²) < 4.78 is 5.11. The molecule has 0 saturated heterocycles. The van der Waals surface area contributed by atoms with Gasteiger partial charge in [0.05, 0.1) is 23.5 Å². The first kappa shape index (κ1) is 13.7. The number of hydrogen-bond donors (Lipinski definition) is 1. The molecule has 1 aliphatic rings. The van der Waals surface area contributed by atoms with Gasteiger partial charge >= 0.3 is 5.97 Å². The number of hydrogen-bond acceptors (Lipinski definition) is 4. The van der Waals surface area contributed by atoms with E-state index in [1.165, 1.54) is 12.8 Å². The van der Waals surface area contributed by atoms with E-state index in [1.807, 2.05) is 13.1 Å². The topological polar surface area (TPSA) is 55.6 Å². The molecule has 1 atom stereocenters. The summed E-state index contributed by atoms with van der Waals surface area (Å²) in [5, 5.41) is 0. The molecule has 0 bridgehead atoms. The molecule has 0 aliphatic heterocycles. The molecule has 1 fully saturated rings. The zero-order chi connectivity index (χ0) is 14.0. The second kappa shape index (κ2) is 5.51. The molecule has 4 heteroatoms. The zero-order valence-electron chi connectivity index (χ0n) is 11.8. The maximum atomic E-state index is 12.0. The van der Waals surface area contributed by atoms with Crippen LogP contribution in [0.15, 0.2) is 18.2 Å². The molecule has 19 heavy (non-hydrogen) atoms. The minimum Gasteiger partial charge on any atom is -0.462 e. The molecule has 0 aromatic heterocycles. The maximum absolute atomic E-state index is 12.0. The summed E-state index contributed by atoms with van der Waals surface area (Å²) in [6, 6.07) is 5.78. The zero-order valence-corrected chi connectivity index (χ0v) is 11.8. The van der Waals surface area contributed by atoms with Crippen molar-refractivity contribution in [2.75, 3.05) is 24.3 Å². The van der Waals surface area contributed by atoms with E-state index in [0.29, 0.717) is 29.8 Å². The highest BCUT2D eigenvalue weighted by Crippen LogP contribution is 2.38. The van der Waals surface area contributed by atoms with Crippen molar-refractivity contribution in [1.82, 2.24) is 0 Å². The van der Waals surface area contributed by atoms with Gasteiger partial charge in [-0.2, -0.15) is 0 Å². The third-order valence-electron chi connectivity index (χ3n) is 3.83.